The molecule has 6 nitrogen and oxygen atoms in total. The van der Waals surface area contributed by atoms with E-state index in [-0.39, 0.29) is 34.3 Å². The Labute approximate surface area is 218 Å². The van der Waals surface area contributed by atoms with Crippen molar-refractivity contribution in [2.24, 2.45) is 0 Å². The minimum absolute atomic E-state index is 0.00130. The number of nitrogens with zero attached hydrogens (tertiary/aromatic N) is 1. The number of halogens is 3. The van der Waals surface area contributed by atoms with Gasteiger partial charge in [0.15, 0.2) is 9.84 Å². The molecule has 38 heavy (non-hydrogen) atoms. The summed E-state index contributed by atoms with van der Waals surface area (Å²) in [7, 11) is -3.34. The summed E-state index contributed by atoms with van der Waals surface area (Å²) in [6.45, 7) is 1.56. The van der Waals surface area contributed by atoms with E-state index in [0.29, 0.717) is 27.9 Å². The summed E-state index contributed by atoms with van der Waals surface area (Å²) in [6, 6.07) is 20.3. The molecule has 1 amide bonds. The summed E-state index contributed by atoms with van der Waals surface area (Å²) in [5.74, 6) is -0.716. The quantitative estimate of drug-likeness (QED) is 0.284. The van der Waals surface area contributed by atoms with Gasteiger partial charge in [-0.25, -0.2) is 8.42 Å². The molecule has 4 aromatic rings. The number of alkyl halides is 3. The van der Waals surface area contributed by atoms with Crippen LogP contribution in [0.1, 0.15) is 12.5 Å². The van der Waals surface area contributed by atoms with Crippen LogP contribution in [-0.4, -0.2) is 31.4 Å². The van der Waals surface area contributed by atoms with E-state index in [0.717, 1.165) is 0 Å². The number of carbonyl (C=O) groups excluding carboxylic acids is 1. The van der Waals surface area contributed by atoms with Crippen molar-refractivity contribution in [1.82, 2.24) is 4.98 Å². The molecule has 0 saturated carbocycles. The van der Waals surface area contributed by atoms with Crippen molar-refractivity contribution in [3.05, 3.63) is 96.8 Å². The van der Waals surface area contributed by atoms with Crippen LogP contribution >= 0.6 is 0 Å². The molecule has 1 aromatic heterocycles. The number of benzene rings is 3. The number of amides is 1. The van der Waals surface area contributed by atoms with E-state index >= 15 is 0 Å². The first kappa shape index (κ1) is 26.9. The van der Waals surface area contributed by atoms with E-state index in [4.69, 9.17) is 0 Å². The molecule has 0 unspecified atom stereocenters. The molecule has 10 heteroatoms. The molecule has 196 valence electrons. The van der Waals surface area contributed by atoms with Crippen molar-refractivity contribution in [3.8, 4) is 28.0 Å². The average molecular weight is 541 g/mol. The number of carbonyl (C=O) groups is 1. The molecule has 0 aliphatic heterocycles. The lowest BCUT2D eigenvalue weighted by atomic mass is 9.94. The standard InChI is InChI=1S/C28H23F3N2O4S/c1-2-38(35,36)22-12-9-19(10-13-22)16-27(34)33-21-11-14-23(25(17-21)20-6-5-15-32-18-20)24-7-3-4-8-26(24)37-28(29,30)31/h3-15,17-18H,2,16H2,1H3,(H,33,34). The first-order valence-corrected chi connectivity index (χ1v) is 13.2. The lowest BCUT2D eigenvalue weighted by molar-refractivity contribution is -0.274. The highest BCUT2D eigenvalue weighted by Gasteiger charge is 2.32. The summed E-state index contributed by atoms with van der Waals surface area (Å²) in [4.78, 5) is 17.1. The Morgan fingerprint density at radius 2 is 1.66 bits per heavy atom. The Bertz CT molecular complexity index is 1540. The van der Waals surface area contributed by atoms with E-state index in [1.807, 2.05) is 0 Å². The molecule has 0 atom stereocenters. The summed E-state index contributed by atoms with van der Waals surface area (Å²) in [5.41, 5.74) is 2.92. The summed E-state index contributed by atoms with van der Waals surface area (Å²) >= 11 is 0. The maximum absolute atomic E-state index is 13.0. The van der Waals surface area contributed by atoms with E-state index in [1.165, 1.54) is 30.3 Å². The Morgan fingerprint density at radius 3 is 2.32 bits per heavy atom. The van der Waals surface area contributed by atoms with Gasteiger partial charge >= 0.3 is 6.36 Å². The van der Waals surface area contributed by atoms with Crippen LogP contribution in [0, 0.1) is 0 Å². The number of ether oxygens (including phenoxy) is 1. The van der Waals surface area contributed by atoms with Gasteiger partial charge in [0.2, 0.25) is 5.91 Å². The third-order valence-corrected chi connectivity index (χ3v) is 7.46. The van der Waals surface area contributed by atoms with Crippen LogP contribution in [0.15, 0.2) is 96.2 Å². The first-order chi connectivity index (χ1) is 18.1. The van der Waals surface area contributed by atoms with E-state index in [2.05, 4.69) is 15.0 Å². The zero-order valence-corrected chi connectivity index (χ0v) is 21.0. The maximum Gasteiger partial charge on any atom is 0.573 e. The highest BCUT2D eigenvalue weighted by Crippen LogP contribution is 2.40. The first-order valence-electron chi connectivity index (χ1n) is 11.6. The van der Waals surface area contributed by atoms with Gasteiger partial charge < -0.3 is 10.1 Å². The topological polar surface area (TPSA) is 85.4 Å². The van der Waals surface area contributed by atoms with Crippen molar-refractivity contribution >= 4 is 21.4 Å². The number of anilines is 1. The predicted octanol–water partition coefficient (Wildman–Crippen LogP) is 6.29. The van der Waals surface area contributed by atoms with Gasteiger partial charge in [-0.3, -0.25) is 9.78 Å². The molecule has 0 spiro atoms. The fourth-order valence-electron chi connectivity index (χ4n) is 3.89. The van der Waals surface area contributed by atoms with Gasteiger partial charge in [0.1, 0.15) is 5.75 Å². The molecular formula is C28H23F3N2O4S. The number of aromatic nitrogens is 1. The Balaban J connectivity index is 1.63. The summed E-state index contributed by atoms with van der Waals surface area (Å²) in [5, 5.41) is 2.80. The van der Waals surface area contributed by atoms with E-state index in [9.17, 15) is 26.4 Å². The molecule has 0 saturated heterocycles. The number of rotatable bonds is 8. The second-order valence-corrected chi connectivity index (χ2v) is 10.6. The second kappa shape index (κ2) is 11.1. The van der Waals surface area contributed by atoms with Gasteiger partial charge in [-0.1, -0.05) is 49.4 Å². The summed E-state index contributed by atoms with van der Waals surface area (Å²) < 4.78 is 67.4. The number of sulfone groups is 1. The molecule has 1 heterocycles. The van der Waals surface area contributed by atoms with Crippen LogP contribution in [0.25, 0.3) is 22.3 Å². The van der Waals surface area contributed by atoms with Crippen LogP contribution in [0.3, 0.4) is 0 Å². The molecular weight excluding hydrogens is 517 g/mol. The minimum atomic E-state index is -4.86. The zero-order valence-electron chi connectivity index (χ0n) is 20.2. The molecule has 3 aromatic carbocycles. The monoisotopic (exact) mass is 540 g/mol. The molecule has 0 aliphatic carbocycles. The van der Waals surface area contributed by atoms with Crippen LogP contribution in [0.5, 0.6) is 5.75 Å². The minimum Gasteiger partial charge on any atom is -0.405 e. The van der Waals surface area contributed by atoms with Crippen LogP contribution in [-0.2, 0) is 21.1 Å². The fourth-order valence-corrected chi connectivity index (χ4v) is 4.78. The molecule has 0 radical (unpaired) electrons. The molecule has 4 rings (SSSR count). The number of hydrogen-bond donors (Lipinski definition) is 1. The van der Waals surface area contributed by atoms with Crippen molar-refractivity contribution in [1.29, 1.82) is 0 Å². The van der Waals surface area contributed by atoms with Crippen molar-refractivity contribution in [3.63, 3.8) is 0 Å². The lowest BCUT2D eigenvalue weighted by Crippen LogP contribution is -2.17. The number of nitrogens with one attached hydrogen (secondary N) is 1. The molecule has 0 fully saturated rings. The number of para-hydroxylation sites is 1. The van der Waals surface area contributed by atoms with Crippen molar-refractivity contribution in [2.45, 2.75) is 24.6 Å². The molecule has 0 aliphatic rings. The molecule has 1 N–H and O–H groups in total. The fraction of sp³-hybridized carbons (Fsp3) is 0.143. The Hall–Kier alpha value is -4.18. The van der Waals surface area contributed by atoms with Crippen LogP contribution in [0.4, 0.5) is 18.9 Å². The van der Waals surface area contributed by atoms with Gasteiger partial charge in [-0.05, 0) is 53.1 Å². The van der Waals surface area contributed by atoms with Gasteiger partial charge in [-0.15, -0.1) is 13.2 Å². The number of hydrogen-bond acceptors (Lipinski definition) is 5. The normalized spacial score (nSPS) is 11.7. The second-order valence-electron chi connectivity index (χ2n) is 8.32. The third kappa shape index (κ3) is 6.57. The predicted molar refractivity (Wildman–Crippen MR) is 138 cm³/mol. The Morgan fingerprint density at radius 1 is 0.921 bits per heavy atom. The van der Waals surface area contributed by atoms with Gasteiger partial charge in [0.05, 0.1) is 17.1 Å². The van der Waals surface area contributed by atoms with Crippen molar-refractivity contribution < 1.29 is 31.1 Å². The van der Waals surface area contributed by atoms with E-state index in [1.54, 1.807) is 67.8 Å². The van der Waals surface area contributed by atoms with E-state index < -0.39 is 16.2 Å². The van der Waals surface area contributed by atoms with Gasteiger partial charge in [0.25, 0.3) is 0 Å². The smallest absolute Gasteiger partial charge is 0.405 e. The van der Waals surface area contributed by atoms with Crippen molar-refractivity contribution in [2.75, 3.05) is 11.1 Å². The highest BCUT2D eigenvalue weighted by atomic mass is 32.2. The number of pyridine rings is 1. The molecule has 0 bridgehead atoms. The summed E-state index contributed by atoms with van der Waals surface area (Å²) in [6.07, 6.45) is -1.72. The van der Waals surface area contributed by atoms with Crippen LogP contribution < -0.4 is 10.1 Å². The highest BCUT2D eigenvalue weighted by molar-refractivity contribution is 7.91. The zero-order chi connectivity index (χ0) is 27.3. The van der Waals surface area contributed by atoms with Gasteiger partial charge in [0, 0.05) is 29.2 Å². The van der Waals surface area contributed by atoms with Gasteiger partial charge in [-0.2, -0.15) is 0 Å². The maximum atomic E-state index is 13.0. The lowest BCUT2D eigenvalue weighted by Gasteiger charge is -2.17. The largest absolute Gasteiger partial charge is 0.573 e. The third-order valence-electron chi connectivity index (χ3n) is 5.71. The average Bonchev–Trinajstić information content (AvgIpc) is 2.89. The SMILES string of the molecule is CCS(=O)(=O)c1ccc(CC(=O)Nc2ccc(-c3ccccc3OC(F)(F)F)c(-c3cccnc3)c2)cc1. The van der Waals surface area contributed by atoms with Crippen LogP contribution in [0.2, 0.25) is 0 Å². The Kier molecular flexibility index (Phi) is 7.82.